The first-order chi connectivity index (χ1) is 21.8. The topological polar surface area (TPSA) is 164 Å². The van der Waals surface area contributed by atoms with E-state index >= 15 is 0 Å². The van der Waals surface area contributed by atoms with E-state index in [1.807, 2.05) is 45.9 Å². The highest BCUT2D eigenvalue weighted by molar-refractivity contribution is 7.92. The maximum atomic E-state index is 13.3. The first kappa shape index (κ1) is 34.7. The zero-order valence-electron chi connectivity index (χ0n) is 28.3. The highest BCUT2D eigenvalue weighted by Gasteiger charge is 2.56. The van der Waals surface area contributed by atoms with Crippen molar-refractivity contribution >= 4 is 21.9 Å². The van der Waals surface area contributed by atoms with Crippen LogP contribution in [0, 0.1) is 30.6 Å². The highest BCUT2D eigenvalue weighted by Crippen LogP contribution is 2.61. The Hall–Kier alpha value is -3.61. The molecular formula is C35H47N5O6S. The van der Waals surface area contributed by atoms with Crippen LogP contribution in [0.4, 0.5) is 5.95 Å². The van der Waals surface area contributed by atoms with E-state index in [1.54, 1.807) is 6.07 Å². The lowest BCUT2D eigenvalue weighted by Crippen LogP contribution is -2.60. The fourth-order valence-electron chi connectivity index (χ4n) is 7.09. The number of sulfonamides is 1. The number of hydrogen-bond donors (Lipinski definition) is 4. The molecule has 2 aliphatic rings. The van der Waals surface area contributed by atoms with E-state index in [2.05, 4.69) is 45.8 Å². The van der Waals surface area contributed by atoms with Gasteiger partial charge < -0.3 is 20.3 Å². The van der Waals surface area contributed by atoms with Crippen molar-refractivity contribution in [1.29, 1.82) is 0 Å². The van der Waals surface area contributed by atoms with Gasteiger partial charge in [0.25, 0.3) is 10.0 Å². The summed E-state index contributed by atoms with van der Waals surface area (Å²) in [5, 5.41) is 23.1. The summed E-state index contributed by atoms with van der Waals surface area (Å²) in [6, 6.07) is 11.7. The van der Waals surface area contributed by atoms with Crippen LogP contribution in [0.3, 0.4) is 0 Å². The third-order valence-electron chi connectivity index (χ3n) is 9.36. The van der Waals surface area contributed by atoms with Gasteiger partial charge in [-0.25, -0.2) is 19.5 Å². The molecule has 3 aromatic rings. The fraction of sp³-hybridized carbons (Fsp3) is 0.543. The number of anilines is 1. The van der Waals surface area contributed by atoms with Crippen molar-refractivity contribution in [2.75, 3.05) is 11.3 Å². The smallest absolute Gasteiger partial charge is 0.354 e. The molecule has 2 aliphatic carbocycles. The average Bonchev–Trinajstić information content (AvgIpc) is 2.90. The minimum absolute atomic E-state index is 0.0178. The molecule has 5 rings (SSSR count). The number of carbonyl (C=O) groups is 1. The maximum Gasteiger partial charge on any atom is 0.354 e. The van der Waals surface area contributed by atoms with Crippen LogP contribution in [0.15, 0.2) is 47.5 Å². The van der Waals surface area contributed by atoms with Crippen LogP contribution in [0.25, 0.3) is 11.3 Å². The van der Waals surface area contributed by atoms with Crippen LogP contribution in [0.1, 0.15) is 88.3 Å². The van der Waals surface area contributed by atoms with Gasteiger partial charge in [-0.1, -0.05) is 45.0 Å². The molecule has 2 saturated carbocycles. The van der Waals surface area contributed by atoms with E-state index in [9.17, 15) is 23.4 Å². The second-order valence-corrected chi connectivity index (χ2v) is 16.9. The molecule has 1 spiro atoms. The molecule has 12 heteroatoms. The zero-order chi connectivity index (χ0) is 34.4. The minimum atomic E-state index is -4.33. The van der Waals surface area contributed by atoms with Crippen molar-refractivity contribution in [3.8, 4) is 17.1 Å². The van der Waals surface area contributed by atoms with E-state index in [-0.39, 0.29) is 23.3 Å². The Bertz CT molecular complexity index is 1710. The SMILES string of the molecule is Cc1cccc(C)c1-c1cc(OCC(CC(C)(C)C)NC2CC3(C2)CC(C(C)(C)O)C3)nc(NS(=O)(=O)c2cccc(C(=O)O)n2)n1. The van der Waals surface area contributed by atoms with Gasteiger partial charge in [-0.15, -0.1) is 0 Å². The number of benzene rings is 1. The molecule has 0 aliphatic heterocycles. The third-order valence-corrected chi connectivity index (χ3v) is 10.6. The summed E-state index contributed by atoms with van der Waals surface area (Å²) in [4.78, 5) is 24.2. The van der Waals surface area contributed by atoms with Crippen molar-refractivity contribution in [3.05, 3.63) is 59.3 Å². The number of carboxylic acids is 1. The molecule has 0 saturated heterocycles. The Kier molecular flexibility index (Phi) is 9.44. The quantitative estimate of drug-likeness (QED) is 0.187. The van der Waals surface area contributed by atoms with Crippen LogP contribution in [0.5, 0.6) is 5.88 Å². The maximum absolute atomic E-state index is 13.3. The molecule has 2 aromatic heterocycles. The lowest BCUT2D eigenvalue weighted by molar-refractivity contribution is -0.130. The number of nitrogens with one attached hydrogen (secondary N) is 2. The molecule has 4 N–H and O–H groups in total. The number of nitrogens with zero attached hydrogens (tertiary/aromatic N) is 3. The fourth-order valence-corrected chi connectivity index (χ4v) is 8.01. The Morgan fingerprint density at radius 2 is 1.64 bits per heavy atom. The summed E-state index contributed by atoms with van der Waals surface area (Å²) in [6.07, 6.45) is 5.13. The lowest BCUT2D eigenvalue weighted by Gasteiger charge is -2.61. The largest absolute Gasteiger partial charge is 0.477 e. The number of aromatic nitrogens is 3. The number of carboxylic acid groups (broad SMARTS) is 1. The second kappa shape index (κ2) is 12.8. The van der Waals surface area contributed by atoms with Gasteiger partial charge in [0.05, 0.1) is 11.3 Å². The van der Waals surface area contributed by atoms with Crippen molar-refractivity contribution < 1.29 is 28.2 Å². The van der Waals surface area contributed by atoms with Crippen molar-refractivity contribution in [2.45, 2.75) is 103 Å². The van der Waals surface area contributed by atoms with E-state index in [0.717, 1.165) is 48.8 Å². The van der Waals surface area contributed by atoms with Gasteiger partial charge in [-0.2, -0.15) is 13.4 Å². The van der Waals surface area contributed by atoms with Crippen molar-refractivity contribution in [1.82, 2.24) is 20.3 Å². The van der Waals surface area contributed by atoms with Gasteiger partial charge in [0.15, 0.2) is 5.03 Å². The standard InChI is InChI=1S/C35H47N5O6S/c1-21-10-8-11-22(2)30(21)27-14-28(39-32(38-27)40-47(44,45)29-13-9-12-26(37-29)31(41)42)46-20-25(17-33(3,4)5)36-24-18-35(19-24)15-23(16-35)34(6,7)43/h8-14,23-25,36,43H,15-20H2,1-7H3,(H,41,42)(H,38,39,40). The number of aromatic carboxylic acids is 1. The number of aliphatic hydroxyl groups is 1. The van der Waals surface area contributed by atoms with E-state index < -0.39 is 32.3 Å². The number of hydrogen-bond acceptors (Lipinski definition) is 9. The molecule has 1 atom stereocenters. The monoisotopic (exact) mass is 665 g/mol. The predicted octanol–water partition coefficient (Wildman–Crippen LogP) is 5.76. The van der Waals surface area contributed by atoms with Gasteiger partial charge in [-0.05, 0) is 99.8 Å². The molecule has 0 bridgehead atoms. The normalized spacial score (nSPS) is 21.9. The van der Waals surface area contributed by atoms with E-state index in [0.29, 0.717) is 29.7 Å². The second-order valence-electron chi connectivity index (χ2n) is 15.3. The zero-order valence-corrected chi connectivity index (χ0v) is 29.1. The predicted molar refractivity (Wildman–Crippen MR) is 180 cm³/mol. The summed E-state index contributed by atoms with van der Waals surface area (Å²) < 4.78 is 35.3. The van der Waals surface area contributed by atoms with Crippen molar-refractivity contribution in [2.24, 2.45) is 16.7 Å². The molecule has 0 radical (unpaired) electrons. The Labute approximate surface area is 277 Å². The molecule has 254 valence electrons. The number of ether oxygens (including phenoxy) is 1. The molecule has 1 aromatic carbocycles. The summed E-state index contributed by atoms with van der Waals surface area (Å²) >= 11 is 0. The van der Waals surface area contributed by atoms with Gasteiger partial charge in [0, 0.05) is 23.7 Å². The van der Waals surface area contributed by atoms with Crippen LogP contribution in [0.2, 0.25) is 0 Å². The molecule has 1 unspecified atom stereocenters. The Balaban J connectivity index is 1.37. The molecule has 0 amide bonds. The average molecular weight is 666 g/mol. The molecule has 11 nitrogen and oxygen atoms in total. The molecular weight excluding hydrogens is 618 g/mol. The lowest BCUT2D eigenvalue weighted by atomic mass is 9.47. The van der Waals surface area contributed by atoms with E-state index in [1.165, 1.54) is 18.2 Å². The van der Waals surface area contributed by atoms with Crippen LogP contribution in [-0.4, -0.2) is 63.8 Å². The Morgan fingerprint density at radius 3 is 2.23 bits per heavy atom. The summed E-state index contributed by atoms with van der Waals surface area (Å²) in [6.45, 7) is 14.6. The Morgan fingerprint density at radius 1 is 1.00 bits per heavy atom. The van der Waals surface area contributed by atoms with Gasteiger partial charge >= 0.3 is 5.97 Å². The first-order valence-corrected chi connectivity index (χ1v) is 17.6. The molecule has 2 fully saturated rings. The molecule has 2 heterocycles. The summed E-state index contributed by atoms with van der Waals surface area (Å²) in [7, 11) is -4.33. The number of rotatable bonds is 12. The minimum Gasteiger partial charge on any atom is -0.477 e. The van der Waals surface area contributed by atoms with Crippen molar-refractivity contribution in [3.63, 3.8) is 0 Å². The molecule has 47 heavy (non-hydrogen) atoms. The van der Waals surface area contributed by atoms with Gasteiger partial charge in [-0.3, -0.25) is 0 Å². The summed E-state index contributed by atoms with van der Waals surface area (Å²) in [5.74, 6) is -0.993. The third kappa shape index (κ3) is 8.28. The van der Waals surface area contributed by atoms with E-state index in [4.69, 9.17) is 4.74 Å². The first-order valence-electron chi connectivity index (χ1n) is 16.1. The number of aryl methyl sites for hydroxylation is 2. The van der Waals surface area contributed by atoms with Gasteiger partial charge in [0.1, 0.15) is 12.3 Å². The van der Waals surface area contributed by atoms with Crippen LogP contribution < -0.4 is 14.8 Å². The van der Waals surface area contributed by atoms with Crippen LogP contribution in [-0.2, 0) is 10.0 Å². The summed E-state index contributed by atoms with van der Waals surface area (Å²) in [5.41, 5.74) is 2.55. The highest BCUT2D eigenvalue weighted by atomic mass is 32.2. The van der Waals surface area contributed by atoms with Gasteiger partial charge in [0.2, 0.25) is 11.8 Å². The van der Waals surface area contributed by atoms with Crippen LogP contribution >= 0.6 is 0 Å². The number of pyridine rings is 1.